The zero-order valence-electron chi connectivity index (χ0n) is 16.5. The van der Waals surface area contributed by atoms with E-state index in [1.54, 1.807) is 12.1 Å². The summed E-state index contributed by atoms with van der Waals surface area (Å²) in [5, 5.41) is 7.31. The summed E-state index contributed by atoms with van der Waals surface area (Å²) in [5.41, 5.74) is 0.816. The first-order valence-corrected chi connectivity index (χ1v) is 11.3. The molecule has 3 rings (SSSR count). The maximum atomic E-state index is 12.4. The molecule has 1 heterocycles. The zero-order chi connectivity index (χ0) is 23.3. The number of hydrogen-bond donors (Lipinski definition) is 2. The second-order valence-electron chi connectivity index (χ2n) is 6.45. The summed E-state index contributed by atoms with van der Waals surface area (Å²) >= 11 is 11.7. The fraction of sp³-hybridized carbons (Fsp3) is 0.158. The number of nitrogens with zero attached hydrogens (tertiary/aromatic N) is 3. The Hall–Kier alpha value is -2.99. The third-order valence-corrected chi connectivity index (χ3v) is 6.10. The number of sulfonamides is 1. The van der Waals surface area contributed by atoms with Gasteiger partial charge in [-0.3, -0.25) is 9.59 Å². The standard InChI is InChI=1S/C19H17Cl2N5O5S/c1-12(25-32(29,30)15-5-2-13(20)3-6-15)19(28)31-9-18(27)24-16-8-14(21)4-7-17(16)26-11-22-10-23-26/h2-8,10-12,25H,9H2,1H3,(H,24,27)/t12-/m0/s1. The van der Waals surface area contributed by atoms with Crippen LogP contribution in [-0.2, 0) is 24.3 Å². The molecule has 0 unspecified atom stereocenters. The van der Waals surface area contributed by atoms with Crippen molar-refractivity contribution in [1.29, 1.82) is 0 Å². The first-order chi connectivity index (χ1) is 15.2. The molecule has 1 amide bonds. The molecule has 13 heteroatoms. The largest absolute Gasteiger partial charge is 0.454 e. The highest BCUT2D eigenvalue weighted by atomic mass is 35.5. The van der Waals surface area contributed by atoms with Gasteiger partial charge in [-0.05, 0) is 49.4 Å². The molecule has 32 heavy (non-hydrogen) atoms. The van der Waals surface area contributed by atoms with Crippen LogP contribution >= 0.6 is 23.2 Å². The summed E-state index contributed by atoms with van der Waals surface area (Å²) in [4.78, 5) is 28.2. The van der Waals surface area contributed by atoms with E-state index >= 15 is 0 Å². The van der Waals surface area contributed by atoms with Gasteiger partial charge in [-0.2, -0.15) is 9.82 Å². The van der Waals surface area contributed by atoms with Crippen LogP contribution in [0.25, 0.3) is 5.69 Å². The lowest BCUT2D eigenvalue weighted by molar-refractivity contribution is -0.148. The van der Waals surface area contributed by atoms with Gasteiger partial charge in [0.15, 0.2) is 6.61 Å². The average Bonchev–Trinajstić information content (AvgIpc) is 3.26. The molecule has 0 spiro atoms. The monoisotopic (exact) mass is 497 g/mol. The quantitative estimate of drug-likeness (QED) is 0.456. The minimum absolute atomic E-state index is 0.0686. The second-order valence-corrected chi connectivity index (χ2v) is 9.04. The molecule has 168 valence electrons. The molecule has 0 fully saturated rings. The van der Waals surface area contributed by atoms with Crippen molar-refractivity contribution >= 4 is 50.8 Å². The number of carbonyl (C=O) groups excluding carboxylic acids is 2. The summed E-state index contributed by atoms with van der Waals surface area (Å²) < 4.78 is 33.2. The zero-order valence-corrected chi connectivity index (χ0v) is 18.9. The molecule has 0 radical (unpaired) electrons. The van der Waals surface area contributed by atoms with Crippen LogP contribution in [-0.4, -0.2) is 47.7 Å². The first-order valence-electron chi connectivity index (χ1n) is 9.04. The molecule has 0 bridgehead atoms. The van der Waals surface area contributed by atoms with Gasteiger partial charge in [0.2, 0.25) is 10.0 Å². The van der Waals surface area contributed by atoms with E-state index in [0.29, 0.717) is 21.4 Å². The van der Waals surface area contributed by atoms with Crippen LogP contribution < -0.4 is 10.0 Å². The van der Waals surface area contributed by atoms with Gasteiger partial charge in [-0.15, -0.1) is 0 Å². The highest BCUT2D eigenvalue weighted by Crippen LogP contribution is 2.24. The minimum Gasteiger partial charge on any atom is -0.454 e. The third-order valence-electron chi connectivity index (χ3n) is 4.05. The van der Waals surface area contributed by atoms with Crippen molar-refractivity contribution in [3.63, 3.8) is 0 Å². The number of rotatable bonds is 8. The minimum atomic E-state index is -3.98. The van der Waals surface area contributed by atoms with Gasteiger partial charge in [-0.25, -0.2) is 18.1 Å². The van der Waals surface area contributed by atoms with Crippen molar-refractivity contribution < 1.29 is 22.7 Å². The number of hydrogen-bond acceptors (Lipinski definition) is 7. The molecule has 3 aromatic rings. The Morgan fingerprint density at radius 1 is 1.12 bits per heavy atom. The SMILES string of the molecule is C[C@H](NS(=O)(=O)c1ccc(Cl)cc1)C(=O)OCC(=O)Nc1cc(Cl)ccc1-n1cncn1. The van der Waals surface area contributed by atoms with E-state index in [4.69, 9.17) is 27.9 Å². The Kier molecular flexibility index (Phi) is 7.46. The van der Waals surface area contributed by atoms with Crippen molar-refractivity contribution in [3.8, 4) is 5.69 Å². The smallest absolute Gasteiger partial charge is 0.324 e. The molecule has 0 aliphatic heterocycles. The topological polar surface area (TPSA) is 132 Å². The van der Waals surface area contributed by atoms with Crippen molar-refractivity contribution in [1.82, 2.24) is 19.5 Å². The molecule has 1 aromatic heterocycles. The third kappa shape index (κ3) is 6.04. The van der Waals surface area contributed by atoms with Crippen LogP contribution in [0.4, 0.5) is 5.69 Å². The maximum absolute atomic E-state index is 12.4. The van der Waals surface area contributed by atoms with Crippen LogP contribution in [0.1, 0.15) is 6.92 Å². The molecular formula is C19H17Cl2N5O5S. The lowest BCUT2D eigenvalue weighted by atomic mass is 10.2. The van der Waals surface area contributed by atoms with E-state index < -0.39 is 34.5 Å². The number of anilines is 1. The van der Waals surface area contributed by atoms with E-state index in [2.05, 4.69) is 20.1 Å². The van der Waals surface area contributed by atoms with Crippen molar-refractivity contribution in [2.45, 2.75) is 17.9 Å². The van der Waals surface area contributed by atoms with Gasteiger partial charge in [-0.1, -0.05) is 23.2 Å². The molecular weight excluding hydrogens is 481 g/mol. The number of esters is 1. The predicted octanol–water partition coefficient (Wildman–Crippen LogP) is 2.42. The molecule has 10 nitrogen and oxygen atoms in total. The molecule has 0 saturated heterocycles. The number of ether oxygens (including phenoxy) is 1. The normalized spacial score (nSPS) is 12.2. The molecule has 0 aliphatic rings. The Morgan fingerprint density at radius 3 is 2.47 bits per heavy atom. The summed E-state index contributed by atoms with van der Waals surface area (Å²) in [6, 6.07) is 8.93. The van der Waals surface area contributed by atoms with Crippen molar-refractivity contribution in [2.75, 3.05) is 11.9 Å². The highest BCUT2D eigenvalue weighted by Gasteiger charge is 2.24. The number of nitrogens with one attached hydrogen (secondary N) is 2. The number of halogens is 2. The van der Waals surface area contributed by atoms with E-state index in [-0.39, 0.29) is 4.90 Å². The Bertz CT molecular complexity index is 1220. The van der Waals surface area contributed by atoms with E-state index in [9.17, 15) is 18.0 Å². The lowest BCUT2D eigenvalue weighted by Gasteiger charge is -2.14. The average molecular weight is 498 g/mol. The van der Waals surface area contributed by atoms with Gasteiger partial charge in [0, 0.05) is 10.0 Å². The second kappa shape index (κ2) is 10.1. The van der Waals surface area contributed by atoms with E-state index in [1.807, 2.05) is 0 Å². The van der Waals surface area contributed by atoms with Crippen LogP contribution in [0.5, 0.6) is 0 Å². The summed E-state index contributed by atoms with van der Waals surface area (Å²) in [6.45, 7) is 0.655. The Morgan fingerprint density at radius 2 is 1.81 bits per heavy atom. The van der Waals surface area contributed by atoms with E-state index in [1.165, 1.54) is 54.6 Å². The number of carbonyl (C=O) groups is 2. The summed E-state index contributed by atoms with van der Waals surface area (Å²) in [6.07, 6.45) is 2.77. The molecule has 2 aromatic carbocycles. The van der Waals surface area contributed by atoms with Crippen LogP contribution in [0.2, 0.25) is 10.0 Å². The number of benzene rings is 2. The van der Waals surface area contributed by atoms with Crippen LogP contribution in [0.3, 0.4) is 0 Å². The molecule has 1 atom stereocenters. The lowest BCUT2D eigenvalue weighted by Crippen LogP contribution is -2.40. The van der Waals surface area contributed by atoms with Crippen molar-refractivity contribution in [2.24, 2.45) is 0 Å². The fourth-order valence-corrected chi connectivity index (χ4v) is 4.04. The summed E-state index contributed by atoms with van der Waals surface area (Å²) in [7, 11) is -3.98. The van der Waals surface area contributed by atoms with Crippen molar-refractivity contribution in [3.05, 3.63) is 65.2 Å². The number of aromatic nitrogens is 3. The first kappa shape index (κ1) is 23.7. The van der Waals surface area contributed by atoms with Gasteiger partial charge >= 0.3 is 5.97 Å². The van der Waals surface area contributed by atoms with Crippen LogP contribution in [0, 0.1) is 0 Å². The molecule has 0 aliphatic carbocycles. The highest BCUT2D eigenvalue weighted by molar-refractivity contribution is 7.89. The van der Waals surface area contributed by atoms with Gasteiger partial charge in [0.1, 0.15) is 18.7 Å². The Labute approximate surface area is 193 Å². The molecule has 2 N–H and O–H groups in total. The maximum Gasteiger partial charge on any atom is 0.324 e. The van der Waals surface area contributed by atoms with Gasteiger partial charge in [0.25, 0.3) is 5.91 Å². The van der Waals surface area contributed by atoms with E-state index in [0.717, 1.165) is 0 Å². The molecule has 0 saturated carbocycles. The van der Waals surface area contributed by atoms with Crippen LogP contribution in [0.15, 0.2) is 60.0 Å². The van der Waals surface area contributed by atoms with Gasteiger partial charge < -0.3 is 10.1 Å². The predicted molar refractivity (Wildman–Crippen MR) is 117 cm³/mol. The number of amides is 1. The fourth-order valence-electron chi connectivity index (χ4n) is 2.55. The Balaban J connectivity index is 1.59. The van der Waals surface area contributed by atoms with Gasteiger partial charge in [0.05, 0.1) is 16.3 Å². The summed E-state index contributed by atoms with van der Waals surface area (Å²) in [5.74, 6) is -1.59.